The lowest BCUT2D eigenvalue weighted by Crippen LogP contribution is -2.12. The number of carbonyl (C=O) groups is 2. The van der Waals surface area contributed by atoms with Crippen LogP contribution < -0.4 is 10.1 Å². The summed E-state index contributed by atoms with van der Waals surface area (Å²) < 4.78 is 18.5. The molecule has 0 aliphatic carbocycles. The van der Waals surface area contributed by atoms with Crippen LogP contribution in [-0.2, 0) is 11.2 Å². The van der Waals surface area contributed by atoms with Crippen molar-refractivity contribution >= 4 is 17.4 Å². The van der Waals surface area contributed by atoms with Crippen LogP contribution in [0.4, 0.5) is 10.1 Å². The van der Waals surface area contributed by atoms with E-state index in [0.29, 0.717) is 24.3 Å². The second-order valence-corrected chi connectivity index (χ2v) is 3.47. The van der Waals surface area contributed by atoms with Gasteiger partial charge in [0.2, 0.25) is 0 Å². The summed E-state index contributed by atoms with van der Waals surface area (Å²) in [4.78, 5) is 22.4. The van der Waals surface area contributed by atoms with Crippen LogP contribution >= 0.6 is 0 Å². The Bertz CT molecular complexity index is 510. The fraction of sp³-hybridized carbons (Fsp3) is 0.200. The first-order valence-corrected chi connectivity index (χ1v) is 4.52. The highest BCUT2D eigenvalue weighted by Gasteiger charge is 2.34. The fourth-order valence-corrected chi connectivity index (χ4v) is 1.95. The van der Waals surface area contributed by atoms with Crippen LogP contribution in [-0.4, -0.2) is 18.3 Å². The summed E-state index contributed by atoms with van der Waals surface area (Å²) in [5.41, 5.74) is 1.12. The highest BCUT2D eigenvalue weighted by atomic mass is 19.1. The van der Waals surface area contributed by atoms with E-state index in [-0.39, 0.29) is 11.3 Å². The number of Topliss-reactive ketones (excluding diaryl/α,β-unsaturated/α-hetero) is 1. The lowest BCUT2D eigenvalue weighted by Gasteiger charge is -2.05. The fourth-order valence-electron chi connectivity index (χ4n) is 1.95. The van der Waals surface area contributed by atoms with Crippen molar-refractivity contribution in [3.8, 4) is 5.75 Å². The van der Waals surface area contributed by atoms with E-state index in [9.17, 15) is 14.0 Å². The molecule has 0 fully saturated rings. The van der Waals surface area contributed by atoms with Crippen molar-refractivity contribution in [2.75, 3.05) is 11.9 Å². The molecule has 3 rings (SSSR count). The molecule has 1 N–H and O–H groups in total. The summed E-state index contributed by atoms with van der Waals surface area (Å²) in [5.74, 6) is -1.81. The number of hydrogen-bond acceptors (Lipinski definition) is 3. The van der Waals surface area contributed by atoms with E-state index in [1.807, 2.05) is 0 Å². The average molecular weight is 207 g/mol. The van der Waals surface area contributed by atoms with E-state index < -0.39 is 17.5 Å². The molecule has 76 valence electrons. The molecule has 15 heavy (non-hydrogen) atoms. The van der Waals surface area contributed by atoms with E-state index >= 15 is 0 Å². The van der Waals surface area contributed by atoms with Crippen LogP contribution in [0.25, 0.3) is 0 Å². The van der Waals surface area contributed by atoms with E-state index in [2.05, 4.69) is 5.32 Å². The number of fused-ring (bicyclic) bond motifs is 3. The lowest BCUT2D eigenvalue weighted by molar-refractivity contribution is -0.112. The number of rotatable bonds is 0. The van der Waals surface area contributed by atoms with Gasteiger partial charge in [0.15, 0.2) is 11.6 Å². The minimum Gasteiger partial charge on any atom is -0.490 e. The van der Waals surface area contributed by atoms with Crippen molar-refractivity contribution in [3.63, 3.8) is 0 Å². The number of benzene rings is 1. The lowest BCUT2D eigenvalue weighted by atomic mass is 10.0. The standard InChI is InChI=1S/C10H6FNO3/c11-6-3-5-7(12-10(14)8(5)13)4-1-2-15-9(4)6/h3H,1-2H2,(H,12,13,14). The molecule has 0 atom stereocenters. The summed E-state index contributed by atoms with van der Waals surface area (Å²) in [6.07, 6.45) is 0.517. The third-order valence-corrected chi connectivity index (χ3v) is 2.62. The number of anilines is 1. The summed E-state index contributed by atoms with van der Waals surface area (Å²) in [5, 5.41) is 2.44. The topological polar surface area (TPSA) is 55.4 Å². The molecule has 0 radical (unpaired) electrons. The predicted molar refractivity (Wildman–Crippen MR) is 48.6 cm³/mol. The number of nitrogens with one attached hydrogen (secondary N) is 1. The molecule has 1 aromatic carbocycles. The minimum atomic E-state index is -0.704. The molecule has 2 aliphatic rings. The number of ketones is 1. The van der Waals surface area contributed by atoms with Crippen LogP contribution in [0.5, 0.6) is 5.75 Å². The quantitative estimate of drug-likeness (QED) is 0.643. The molecule has 0 spiro atoms. The van der Waals surface area contributed by atoms with Gasteiger partial charge in [-0.3, -0.25) is 9.59 Å². The first kappa shape index (κ1) is 8.40. The Morgan fingerprint density at radius 2 is 2.20 bits per heavy atom. The van der Waals surface area contributed by atoms with E-state index in [1.54, 1.807) is 0 Å². The Balaban J connectivity index is 2.32. The zero-order chi connectivity index (χ0) is 10.6. The minimum absolute atomic E-state index is 0.113. The Kier molecular flexibility index (Phi) is 1.44. The van der Waals surface area contributed by atoms with E-state index in [0.717, 1.165) is 6.07 Å². The summed E-state index contributed by atoms with van der Waals surface area (Å²) in [6.45, 7) is 0.382. The van der Waals surface area contributed by atoms with Crippen LogP contribution in [0, 0.1) is 5.82 Å². The Labute approximate surface area is 84.0 Å². The normalized spacial score (nSPS) is 17.1. The first-order valence-electron chi connectivity index (χ1n) is 4.52. The maximum absolute atomic E-state index is 13.4. The molecule has 2 aliphatic heterocycles. The SMILES string of the molecule is O=C1Nc2c(cc(F)c3c2CCO3)C1=O. The summed E-state index contributed by atoms with van der Waals surface area (Å²) >= 11 is 0. The molecular weight excluding hydrogens is 201 g/mol. The first-order chi connectivity index (χ1) is 7.18. The van der Waals surface area contributed by atoms with Gasteiger partial charge in [-0.05, 0) is 6.07 Å². The van der Waals surface area contributed by atoms with Gasteiger partial charge in [0.25, 0.3) is 11.7 Å². The molecule has 2 heterocycles. The molecule has 4 nitrogen and oxygen atoms in total. The Hall–Kier alpha value is -1.91. The maximum Gasteiger partial charge on any atom is 0.296 e. The molecule has 0 unspecified atom stereocenters. The van der Waals surface area contributed by atoms with Crippen molar-refractivity contribution in [2.24, 2.45) is 0 Å². The van der Waals surface area contributed by atoms with Gasteiger partial charge in [-0.2, -0.15) is 0 Å². The molecular formula is C10H6FNO3. The number of ether oxygens (including phenoxy) is 1. The maximum atomic E-state index is 13.4. The largest absolute Gasteiger partial charge is 0.490 e. The molecule has 5 heteroatoms. The average Bonchev–Trinajstić information content (AvgIpc) is 2.77. The van der Waals surface area contributed by atoms with Crippen LogP contribution in [0.1, 0.15) is 15.9 Å². The number of hydrogen-bond donors (Lipinski definition) is 1. The third kappa shape index (κ3) is 0.945. The van der Waals surface area contributed by atoms with Gasteiger partial charge in [-0.1, -0.05) is 0 Å². The molecule has 0 aromatic heterocycles. The van der Waals surface area contributed by atoms with Crippen molar-refractivity contribution in [1.82, 2.24) is 0 Å². The molecule has 0 bridgehead atoms. The zero-order valence-corrected chi connectivity index (χ0v) is 7.59. The third-order valence-electron chi connectivity index (χ3n) is 2.62. The van der Waals surface area contributed by atoms with Gasteiger partial charge >= 0.3 is 0 Å². The predicted octanol–water partition coefficient (Wildman–Crippen LogP) is 0.895. The van der Waals surface area contributed by atoms with Crippen molar-refractivity contribution in [2.45, 2.75) is 6.42 Å². The van der Waals surface area contributed by atoms with Gasteiger partial charge in [0, 0.05) is 12.0 Å². The van der Waals surface area contributed by atoms with E-state index in [1.165, 1.54) is 0 Å². The van der Waals surface area contributed by atoms with Crippen molar-refractivity contribution in [1.29, 1.82) is 0 Å². The Morgan fingerprint density at radius 3 is 3.00 bits per heavy atom. The molecule has 0 saturated carbocycles. The van der Waals surface area contributed by atoms with E-state index in [4.69, 9.17) is 4.74 Å². The highest BCUT2D eigenvalue weighted by molar-refractivity contribution is 6.51. The monoisotopic (exact) mass is 207 g/mol. The summed E-state index contributed by atoms with van der Waals surface area (Å²) in [6, 6.07) is 1.06. The van der Waals surface area contributed by atoms with Crippen LogP contribution in [0.15, 0.2) is 6.07 Å². The summed E-state index contributed by atoms with van der Waals surface area (Å²) in [7, 11) is 0. The van der Waals surface area contributed by atoms with Crippen molar-refractivity contribution < 1.29 is 18.7 Å². The molecule has 0 saturated heterocycles. The van der Waals surface area contributed by atoms with Gasteiger partial charge < -0.3 is 10.1 Å². The van der Waals surface area contributed by atoms with Gasteiger partial charge in [-0.25, -0.2) is 4.39 Å². The number of carbonyl (C=O) groups excluding carboxylic acids is 2. The smallest absolute Gasteiger partial charge is 0.296 e. The second-order valence-electron chi connectivity index (χ2n) is 3.47. The number of amides is 1. The Morgan fingerprint density at radius 1 is 1.40 bits per heavy atom. The second kappa shape index (κ2) is 2.56. The number of halogens is 1. The highest BCUT2D eigenvalue weighted by Crippen LogP contribution is 2.39. The van der Waals surface area contributed by atoms with Crippen LogP contribution in [0.3, 0.4) is 0 Å². The molecule has 1 aromatic rings. The van der Waals surface area contributed by atoms with Crippen molar-refractivity contribution in [3.05, 3.63) is 23.0 Å². The van der Waals surface area contributed by atoms with Crippen LogP contribution in [0.2, 0.25) is 0 Å². The van der Waals surface area contributed by atoms with Gasteiger partial charge in [0.05, 0.1) is 17.9 Å². The zero-order valence-electron chi connectivity index (χ0n) is 7.59. The van der Waals surface area contributed by atoms with Gasteiger partial charge in [-0.15, -0.1) is 0 Å². The molecule has 1 amide bonds. The van der Waals surface area contributed by atoms with Gasteiger partial charge in [0.1, 0.15) is 0 Å².